The van der Waals surface area contributed by atoms with Gasteiger partial charge in [0.25, 0.3) is 0 Å². The van der Waals surface area contributed by atoms with Crippen LogP contribution < -0.4 is 10.5 Å². The summed E-state index contributed by atoms with van der Waals surface area (Å²) in [5.41, 5.74) is 11.3. The van der Waals surface area contributed by atoms with Crippen LogP contribution in [0.25, 0.3) is 22.0 Å². The van der Waals surface area contributed by atoms with Gasteiger partial charge in [0.15, 0.2) is 0 Å². The summed E-state index contributed by atoms with van der Waals surface area (Å²) in [5.74, 6) is -0.474. The molecular weight excluding hydrogens is 458 g/mol. The van der Waals surface area contributed by atoms with Gasteiger partial charge in [0, 0.05) is 40.8 Å². The minimum atomic E-state index is -3.70. The molecule has 6 nitrogen and oxygen atoms in total. The molecule has 1 aromatic heterocycles. The second kappa shape index (κ2) is 9.68. The highest BCUT2D eigenvalue weighted by Gasteiger charge is 2.24. The fraction of sp³-hybridized carbons (Fsp3) is 0.250. The zero-order valence-corrected chi connectivity index (χ0v) is 21.3. The van der Waals surface area contributed by atoms with E-state index in [-0.39, 0.29) is 6.04 Å². The Labute approximate surface area is 206 Å². The van der Waals surface area contributed by atoms with Crippen LogP contribution in [0, 0.1) is 20.8 Å². The van der Waals surface area contributed by atoms with Crippen LogP contribution in [-0.2, 0) is 16.6 Å². The average Bonchev–Trinajstić information content (AvgIpc) is 3.16. The first-order valence-electron chi connectivity index (χ1n) is 11.7. The van der Waals surface area contributed by atoms with Gasteiger partial charge in [0.2, 0.25) is 15.9 Å². The molecule has 3 N–H and O–H groups in total. The van der Waals surface area contributed by atoms with Gasteiger partial charge in [-0.15, -0.1) is 0 Å². The predicted octanol–water partition coefficient (Wildman–Crippen LogP) is 5.09. The number of amides is 1. The maximum atomic E-state index is 13.4. The molecule has 1 unspecified atom stereocenters. The third-order valence-electron chi connectivity index (χ3n) is 6.35. The number of aromatic nitrogens is 1. The Bertz CT molecular complexity index is 1500. The molecule has 7 heteroatoms. The largest absolute Gasteiger partial charge is 0.366 e. The summed E-state index contributed by atoms with van der Waals surface area (Å²) in [6.07, 6.45) is 2.65. The van der Waals surface area contributed by atoms with Gasteiger partial charge in [-0.25, -0.2) is 13.1 Å². The highest BCUT2D eigenvalue weighted by molar-refractivity contribution is 7.89. The van der Waals surface area contributed by atoms with Crippen molar-refractivity contribution in [3.05, 3.63) is 89.1 Å². The highest BCUT2D eigenvalue weighted by atomic mass is 32.2. The normalized spacial score (nSPS) is 12.7. The minimum absolute atomic E-state index is 0.305. The topological polar surface area (TPSA) is 94.2 Å². The molecule has 0 saturated heterocycles. The molecule has 0 aliphatic heterocycles. The Kier molecular flexibility index (Phi) is 6.83. The molecule has 0 saturated carbocycles. The van der Waals surface area contributed by atoms with Gasteiger partial charge >= 0.3 is 0 Å². The van der Waals surface area contributed by atoms with Crippen LogP contribution in [0.2, 0.25) is 0 Å². The molecule has 0 radical (unpaired) electrons. The van der Waals surface area contributed by atoms with E-state index in [4.69, 9.17) is 5.73 Å². The summed E-state index contributed by atoms with van der Waals surface area (Å²) < 4.78 is 31.8. The average molecular weight is 490 g/mol. The van der Waals surface area contributed by atoms with Crippen molar-refractivity contribution in [1.29, 1.82) is 0 Å². The van der Waals surface area contributed by atoms with Gasteiger partial charge in [-0.05, 0) is 62.1 Å². The van der Waals surface area contributed by atoms with Crippen molar-refractivity contribution in [2.45, 2.75) is 51.6 Å². The Balaban J connectivity index is 1.70. The lowest BCUT2D eigenvalue weighted by Gasteiger charge is -2.20. The number of carbonyl (C=O) groups is 1. The van der Waals surface area contributed by atoms with Crippen molar-refractivity contribution in [2.75, 3.05) is 0 Å². The third-order valence-corrected chi connectivity index (χ3v) is 8.18. The molecule has 35 heavy (non-hydrogen) atoms. The first-order chi connectivity index (χ1) is 16.6. The number of carbonyl (C=O) groups excluding carboxylic acids is 1. The van der Waals surface area contributed by atoms with Crippen LogP contribution >= 0.6 is 0 Å². The number of para-hydroxylation sites is 1. The van der Waals surface area contributed by atoms with Crippen molar-refractivity contribution >= 4 is 26.8 Å². The zero-order valence-electron chi connectivity index (χ0n) is 20.5. The van der Waals surface area contributed by atoms with E-state index in [2.05, 4.69) is 9.29 Å². The number of sulfonamides is 1. The van der Waals surface area contributed by atoms with Gasteiger partial charge in [-0.3, -0.25) is 4.79 Å². The molecule has 0 bridgehead atoms. The van der Waals surface area contributed by atoms with Gasteiger partial charge in [0.05, 0.1) is 4.90 Å². The lowest BCUT2D eigenvalue weighted by molar-refractivity contribution is 0.100. The molecule has 0 aliphatic rings. The summed E-state index contributed by atoms with van der Waals surface area (Å²) in [5, 5.41) is 1.03. The predicted molar refractivity (Wildman–Crippen MR) is 141 cm³/mol. The number of aryl methyl sites for hydroxylation is 3. The fourth-order valence-electron chi connectivity index (χ4n) is 4.82. The molecular formula is C28H31N3O3S. The van der Waals surface area contributed by atoms with Crippen LogP contribution in [0.4, 0.5) is 0 Å². The van der Waals surface area contributed by atoms with Crippen molar-refractivity contribution in [3.8, 4) is 11.1 Å². The summed E-state index contributed by atoms with van der Waals surface area (Å²) >= 11 is 0. The van der Waals surface area contributed by atoms with E-state index in [0.717, 1.165) is 38.7 Å². The number of rotatable bonds is 8. The monoisotopic (exact) mass is 489 g/mol. The zero-order chi connectivity index (χ0) is 25.3. The van der Waals surface area contributed by atoms with Crippen molar-refractivity contribution in [1.82, 2.24) is 9.29 Å². The molecule has 4 rings (SSSR count). The van der Waals surface area contributed by atoms with Crippen molar-refractivity contribution < 1.29 is 13.2 Å². The lowest BCUT2D eigenvalue weighted by Crippen LogP contribution is -2.38. The summed E-state index contributed by atoms with van der Waals surface area (Å²) in [6.45, 7) is 8.08. The van der Waals surface area contributed by atoms with E-state index in [1.807, 2.05) is 82.4 Å². The number of hydrogen-bond donors (Lipinski definition) is 2. The van der Waals surface area contributed by atoms with Crippen LogP contribution in [0.5, 0.6) is 0 Å². The van der Waals surface area contributed by atoms with E-state index < -0.39 is 15.9 Å². The van der Waals surface area contributed by atoms with E-state index in [1.165, 1.54) is 0 Å². The van der Waals surface area contributed by atoms with Gasteiger partial charge in [-0.1, -0.05) is 55.0 Å². The second-order valence-corrected chi connectivity index (χ2v) is 10.8. The highest BCUT2D eigenvalue weighted by Crippen LogP contribution is 2.32. The Hall–Kier alpha value is -3.42. The maximum absolute atomic E-state index is 13.4. The van der Waals surface area contributed by atoms with Crippen LogP contribution in [0.1, 0.15) is 40.4 Å². The second-order valence-electron chi connectivity index (χ2n) is 9.11. The lowest BCUT2D eigenvalue weighted by atomic mass is 10.0. The van der Waals surface area contributed by atoms with Gasteiger partial charge in [0.1, 0.15) is 0 Å². The maximum Gasteiger partial charge on any atom is 0.248 e. The van der Waals surface area contributed by atoms with Crippen molar-refractivity contribution in [2.24, 2.45) is 5.73 Å². The minimum Gasteiger partial charge on any atom is -0.366 e. The Morgan fingerprint density at radius 1 is 1.00 bits per heavy atom. The van der Waals surface area contributed by atoms with E-state index >= 15 is 0 Å². The van der Waals surface area contributed by atoms with Gasteiger partial charge < -0.3 is 10.3 Å². The fourth-order valence-corrected chi connectivity index (χ4v) is 6.59. The SMILES string of the molecule is CCC(Cn1cc(-c2cccc(C(N)=O)c2)c2ccccc21)NS(=O)(=O)c1c(C)cc(C)cc1C. The molecule has 0 aliphatic carbocycles. The number of benzene rings is 3. The first-order valence-corrected chi connectivity index (χ1v) is 13.2. The summed E-state index contributed by atoms with van der Waals surface area (Å²) in [6, 6.07) is 18.7. The van der Waals surface area contributed by atoms with Crippen LogP contribution in [0.3, 0.4) is 0 Å². The number of primary amides is 1. The van der Waals surface area contributed by atoms with Gasteiger partial charge in [-0.2, -0.15) is 0 Å². The third kappa shape index (κ3) is 5.01. The molecule has 0 spiro atoms. The first kappa shape index (κ1) is 24.7. The number of nitrogens with one attached hydrogen (secondary N) is 1. The molecule has 1 heterocycles. The van der Waals surface area contributed by atoms with E-state index in [0.29, 0.717) is 23.4 Å². The number of hydrogen-bond acceptors (Lipinski definition) is 3. The van der Waals surface area contributed by atoms with Crippen molar-refractivity contribution in [3.63, 3.8) is 0 Å². The Morgan fingerprint density at radius 3 is 2.34 bits per heavy atom. The van der Waals surface area contributed by atoms with Crippen LogP contribution in [0.15, 0.2) is 71.8 Å². The smallest absolute Gasteiger partial charge is 0.248 e. The molecule has 1 atom stereocenters. The number of fused-ring (bicyclic) bond motifs is 1. The summed E-state index contributed by atoms with van der Waals surface area (Å²) in [7, 11) is -3.70. The molecule has 182 valence electrons. The summed E-state index contributed by atoms with van der Waals surface area (Å²) in [4.78, 5) is 12.1. The molecule has 1 amide bonds. The standard InChI is InChI=1S/C28H31N3O3S/c1-5-23(30-35(33,34)27-19(3)13-18(2)14-20(27)4)16-31-17-25(24-11-6-7-12-26(24)31)21-9-8-10-22(15-21)28(29)32/h6-15,17,23,30H,5,16H2,1-4H3,(H2,29,32). The quantitative estimate of drug-likeness (QED) is 0.361. The van der Waals surface area contributed by atoms with Crippen LogP contribution in [-0.4, -0.2) is 24.9 Å². The Morgan fingerprint density at radius 2 is 1.69 bits per heavy atom. The number of nitrogens with zero attached hydrogens (tertiary/aromatic N) is 1. The molecule has 3 aromatic carbocycles. The van der Waals surface area contributed by atoms with E-state index in [1.54, 1.807) is 12.1 Å². The number of nitrogens with two attached hydrogens (primary N) is 1. The molecule has 0 fully saturated rings. The molecule has 4 aromatic rings. The van der Waals surface area contributed by atoms with E-state index in [9.17, 15) is 13.2 Å².